The first-order valence-electron chi connectivity index (χ1n) is 9.74. The molecule has 7 heteroatoms. The predicted octanol–water partition coefficient (Wildman–Crippen LogP) is 2.73. The summed E-state index contributed by atoms with van der Waals surface area (Å²) in [5.41, 5.74) is 3.49. The number of ether oxygens (including phenoxy) is 2. The lowest BCUT2D eigenvalue weighted by Crippen LogP contribution is -2.39. The van der Waals surface area contributed by atoms with Crippen LogP contribution in [0.4, 0.5) is 0 Å². The van der Waals surface area contributed by atoms with Crippen LogP contribution in [0.2, 0.25) is 0 Å². The van der Waals surface area contributed by atoms with Gasteiger partial charge < -0.3 is 9.47 Å². The topological polar surface area (TPSA) is 69.9 Å². The fourth-order valence-corrected chi connectivity index (χ4v) is 4.68. The van der Waals surface area contributed by atoms with Gasteiger partial charge in [0, 0.05) is 0 Å². The van der Waals surface area contributed by atoms with Crippen LogP contribution in [-0.2, 0) is 9.53 Å². The van der Waals surface area contributed by atoms with E-state index in [1.54, 1.807) is 18.6 Å². The summed E-state index contributed by atoms with van der Waals surface area (Å²) in [7, 11) is 2.90. The summed E-state index contributed by atoms with van der Waals surface area (Å²) in [5, 5.41) is 0. The molecule has 2 aromatic carbocycles. The maximum atomic E-state index is 13.5. The molecule has 0 aliphatic carbocycles. The van der Waals surface area contributed by atoms with Gasteiger partial charge in [-0.25, -0.2) is 9.79 Å². The molecule has 31 heavy (non-hydrogen) atoms. The molecule has 0 amide bonds. The third-order valence-electron chi connectivity index (χ3n) is 5.21. The number of esters is 1. The maximum Gasteiger partial charge on any atom is 0.338 e. The first kappa shape index (κ1) is 20.8. The first-order valence-corrected chi connectivity index (χ1v) is 10.6. The molecule has 0 radical (unpaired) electrons. The number of allylic oxidation sites excluding steroid dienone is 1. The zero-order chi connectivity index (χ0) is 22.1. The summed E-state index contributed by atoms with van der Waals surface area (Å²) in [6.07, 6.45) is 1.85. The lowest BCUT2D eigenvalue weighted by Gasteiger charge is -2.24. The Bertz CT molecular complexity index is 1360. The zero-order valence-electron chi connectivity index (χ0n) is 17.7. The average Bonchev–Trinajstić information content (AvgIpc) is 3.08. The lowest BCUT2D eigenvalue weighted by molar-refractivity contribution is -0.136. The monoisotopic (exact) mass is 434 g/mol. The number of fused-ring (bicyclic) bond motifs is 1. The number of rotatable bonds is 4. The Morgan fingerprint density at radius 1 is 1.13 bits per heavy atom. The highest BCUT2D eigenvalue weighted by Crippen LogP contribution is 2.32. The van der Waals surface area contributed by atoms with Gasteiger partial charge in [-0.05, 0) is 43.2 Å². The first-order chi connectivity index (χ1) is 14.9. The zero-order valence-corrected chi connectivity index (χ0v) is 18.5. The number of aryl methyl sites for hydroxylation is 1. The Morgan fingerprint density at radius 2 is 1.87 bits per heavy atom. The van der Waals surface area contributed by atoms with Crippen molar-refractivity contribution in [2.24, 2.45) is 4.99 Å². The molecular weight excluding hydrogens is 412 g/mol. The molecule has 0 saturated heterocycles. The summed E-state index contributed by atoms with van der Waals surface area (Å²) in [6.45, 7) is 3.78. The molecule has 1 unspecified atom stereocenters. The quantitative estimate of drug-likeness (QED) is 0.592. The summed E-state index contributed by atoms with van der Waals surface area (Å²) in [6, 6.07) is 14.6. The van der Waals surface area contributed by atoms with Crippen molar-refractivity contribution in [3.8, 4) is 5.75 Å². The summed E-state index contributed by atoms with van der Waals surface area (Å²) in [5.74, 6) is 0.125. The van der Waals surface area contributed by atoms with Crippen molar-refractivity contribution in [2.75, 3.05) is 14.2 Å². The molecular formula is C24H22N2O4S. The van der Waals surface area contributed by atoms with Gasteiger partial charge in [-0.2, -0.15) is 0 Å². The highest BCUT2D eigenvalue weighted by molar-refractivity contribution is 7.07. The van der Waals surface area contributed by atoms with Gasteiger partial charge >= 0.3 is 5.97 Å². The van der Waals surface area contributed by atoms with Gasteiger partial charge in [0.15, 0.2) is 4.80 Å². The van der Waals surface area contributed by atoms with Crippen LogP contribution in [0.5, 0.6) is 5.75 Å². The number of nitrogens with zero attached hydrogens (tertiary/aromatic N) is 2. The highest BCUT2D eigenvalue weighted by Gasteiger charge is 2.33. The third kappa shape index (κ3) is 3.84. The second-order valence-electron chi connectivity index (χ2n) is 7.26. The van der Waals surface area contributed by atoms with Crippen molar-refractivity contribution in [3.05, 3.63) is 96.2 Å². The van der Waals surface area contributed by atoms with Crippen molar-refractivity contribution < 1.29 is 14.3 Å². The van der Waals surface area contributed by atoms with Gasteiger partial charge in [0.05, 0.1) is 36.1 Å². The van der Waals surface area contributed by atoms with Crippen LogP contribution in [0.15, 0.2) is 69.6 Å². The van der Waals surface area contributed by atoms with E-state index in [-0.39, 0.29) is 5.56 Å². The Morgan fingerprint density at radius 3 is 2.55 bits per heavy atom. The van der Waals surface area contributed by atoms with Gasteiger partial charge in [-0.1, -0.05) is 53.3 Å². The molecule has 1 aromatic heterocycles. The van der Waals surface area contributed by atoms with E-state index < -0.39 is 12.0 Å². The smallest absolute Gasteiger partial charge is 0.338 e. The molecule has 6 nitrogen and oxygen atoms in total. The Hall–Kier alpha value is -3.45. The molecule has 1 atom stereocenters. The summed E-state index contributed by atoms with van der Waals surface area (Å²) < 4.78 is 12.5. The number of hydrogen-bond donors (Lipinski definition) is 0. The van der Waals surface area contributed by atoms with E-state index in [4.69, 9.17) is 9.47 Å². The maximum absolute atomic E-state index is 13.5. The fourth-order valence-electron chi connectivity index (χ4n) is 3.63. The molecule has 3 aromatic rings. The molecule has 0 fully saturated rings. The molecule has 0 saturated carbocycles. The number of thiazole rings is 1. The number of carbonyl (C=O) groups excluding carboxylic acids is 1. The van der Waals surface area contributed by atoms with E-state index in [9.17, 15) is 9.59 Å². The average molecular weight is 435 g/mol. The van der Waals surface area contributed by atoms with Crippen molar-refractivity contribution in [3.63, 3.8) is 0 Å². The van der Waals surface area contributed by atoms with Gasteiger partial charge in [-0.15, -0.1) is 0 Å². The van der Waals surface area contributed by atoms with Crippen molar-refractivity contribution in [2.45, 2.75) is 19.9 Å². The molecule has 158 valence electrons. The molecule has 0 N–H and O–H groups in total. The van der Waals surface area contributed by atoms with Crippen LogP contribution >= 0.6 is 11.3 Å². The standard InChI is InChI=1S/C24H22N2O4S/c1-14-8-10-16(11-9-14)12-19-22(27)26-21(17-6-5-7-18(13-17)29-3)20(23(28)30-4)15(2)25-24(26)31-19/h5-13,21H,1-4H3/b19-12-. The van der Waals surface area contributed by atoms with E-state index in [1.807, 2.05) is 61.5 Å². The van der Waals surface area contributed by atoms with E-state index >= 15 is 0 Å². The van der Waals surface area contributed by atoms with Crippen LogP contribution in [0.1, 0.15) is 29.7 Å². The number of methoxy groups -OCH3 is 2. The van der Waals surface area contributed by atoms with Crippen LogP contribution in [0, 0.1) is 6.92 Å². The minimum absolute atomic E-state index is 0.203. The lowest BCUT2D eigenvalue weighted by atomic mass is 9.96. The van der Waals surface area contributed by atoms with Gasteiger partial charge in [0.25, 0.3) is 5.56 Å². The highest BCUT2D eigenvalue weighted by atomic mass is 32.1. The summed E-state index contributed by atoms with van der Waals surface area (Å²) in [4.78, 5) is 31.2. The molecule has 4 rings (SSSR count). The second-order valence-corrected chi connectivity index (χ2v) is 8.27. The molecule has 1 aliphatic rings. The van der Waals surface area contributed by atoms with E-state index in [0.29, 0.717) is 26.4 Å². The Kier molecular flexibility index (Phi) is 5.61. The van der Waals surface area contributed by atoms with E-state index in [0.717, 1.165) is 16.7 Å². The largest absolute Gasteiger partial charge is 0.497 e. The van der Waals surface area contributed by atoms with Crippen molar-refractivity contribution in [1.82, 2.24) is 4.57 Å². The van der Waals surface area contributed by atoms with Gasteiger partial charge in [0.2, 0.25) is 0 Å². The van der Waals surface area contributed by atoms with Crippen LogP contribution < -0.4 is 19.6 Å². The number of hydrogen-bond acceptors (Lipinski definition) is 6. The molecule has 2 heterocycles. The predicted molar refractivity (Wildman–Crippen MR) is 120 cm³/mol. The van der Waals surface area contributed by atoms with Crippen LogP contribution in [-0.4, -0.2) is 24.8 Å². The minimum atomic E-state index is -0.654. The molecule has 1 aliphatic heterocycles. The third-order valence-corrected chi connectivity index (χ3v) is 6.19. The Labute approximate surface area is 183 Å². The molecule has 0 spiro atoms. The number of benzene rings is 2. The van der Waals surface area contributed by atoms with Crippen LogP contribution in [0.25, 0.3) is 6.08 Å². The van der Waals surface area contributed by atoms with Gasteiger partial charge in [0.1, 0.15) is 5.75 Å². The number of aromatic nitrogens is 1. The number of carbonyl (C=O) groups is 1. The van der Waals surface area contributed by atoms with Crippen LogP contribution in [0.3, 0.4) is 0 Å². The molecule has 0 bridgehead atoms. The Balaban J connectivity index is 1.97. The summed E-state index contributed by atoms with van der Waals surface area (Å²) >= 11 is 1.31. The van der Waals surface area contributed by atoms with Crippen molar-refractivity contribution >= 4 is 23.4 Å². The normalized spacial score (nSPS) is 16.0. The minimum Gasteiger partial charge on any atom is -0.497 e. The second kappa shape index (κ2) is 8.35. The van der Waals surface area contributed by atoms with E-state index in [1.165, 1.54) is 18.4 Å². The van der Waals surface area contributed by atoms with Gasteiger partial charge in [-0.3, -0.25) is 9.36 Å². The van der Waals surface area contributed by atoms with E-state index in [2.05, 4.69) is 4.99 Å². The SMILES string of the molecule is COC(=O)C1=C(C)N=c2s/c(=C\c3ccc(C)cc3)c(=O)n2C1c1cccc(OC)c1. The fraction of sp³-hybridized carbons (Fsp3) is 0.208. The van der Waals surface area contributed by atoms with Crippen molar-refractivity contribution in [1.29, 1.82) is 0 Å².